The summed E-state index contributed by atoms with van der Waals surface area (Å²) in [6.07, 6.45) is 0. The molecule has 1 amide bonds. The average molecular weight is 284 g/mol. The van der Waals surface area contributed by atoms with E-state index in [1.165, 1.54) is 0 Å². The van der Waals surface area contributed by atoms with E-state index in [0.29, 0.717) is 11.6 Å². The number of amides is 1. The first-order valence-corrected chi connectivity index (χ1v) is 6.75. The molecule has 1 aromatic carbocycles. The first-order valence-electron chi connectivity index (χ1n) is 6.37. The van der Waals surface area contributed by atoms with Crippen LogP contribution in [0.1, 0.15) is 12.5 Å². The van der Waals surface area contributed by atoms with Gasteiger partial charge in [-0.2, -0.15) is 0 Å². The highest BCUT2D eigenvalue weighted by Crippen LogP contribution is 2.25. The van der Waals surface area contributed by atoms with Crippen LogP contribution in [0.4, 0.5) is 5.69 Å². The van der Waals surface area contributed by atoms with Crippen molar-refractivity contribution in [3.8, 4) is 0 Å². The van der Waals surface area contributed by atoms with Crippen molar-refractivity contribution in [2.45, 2.75) is 13.5 Å². The average Bonchev–Trinajstić information content (AvgIpc) is 2.38. The van der Waals surface area contributed by atoms with Gasteiger partial charge in [0.1, 0.15) is 0 Å². The van der Waals surface area contributed by atoms with Crippen LogP contribution < -0.4 is 10.2 Å². The van der Waals surface area contributed by atoms with Gasteiger partial charge >= 0.3 is 0 Å². The Morgan fingerprint density at radius 3 is 2.58 bits per heavy atom. The van der Waals surface area contributed by atoms with Crippen LogP contribution in [0.3, 0.4) is 0 Å². The Kier molecular flexibility index (Phi) is 6.12. The molecular weight excluding hydrogens is 262 g/mol. The molecule has 5 heteroatoms. The molecule has 106 valence electrons. The highest BCUT2D eigenvalue weighted by atomic mass is 35.5. The molecule has 0 aliphatic rings. The summed E-state index contributed by atoms with van der Waals surface area (Å²) < 4.78 is 0. The molecule has 0 unspecified atom stereocenters. The summed E-state index contributed by atoms with van der Waals surface area (Å²) >= 11 is 6.07. The highest BCUT2D eigenvalue weighted by Gasteiger charge is 2.14. The number of likely N-dealkylation sites (N-methyl/N-ethyl adjacent to an activating group) is 2. The van der Waals surface area contributed by atoms with E-state index >= 15 is 0 Å². The Hall–Kier alpha value is -1.26. The van der Waals surface area contributed by atoms with Gasteiger partial charge in [-0.25, -0.2) is 0 Å². The van der Waals surface area contributed by atoms with E-state index in [-0.39, 0.29) is 5.91 Å². The molecule has 1 rings (SSSR count). The van der Waals surface area contributed by atoms with Crippen LogP contribution in [0, 0.1) is 0 Å². The van der Waals surface area contributed by atoms with Gasteiger partial charge in [-0.3, -0.25) is 4.79 Å². The first kappa shape index (κ1) is 15.8. The molecule has 0 aliphatic carbocycles. The lowest BCUT2D eigenvalue weighted by molar-refractivity contribution is -0.127. The maximum absolute atomic E-state index is 11.9. The van der Waals surface area contributed by atoms with Crippen LogP contribution in [-0.4, -0.2) is 45.0 Å². The quantitative estimate of drug-likeness (QED) is 0.867. The van der Waals surface area contributed by atoms with Gasteiger partial charge in [0.2, 0.25) is 5.91 Å². The van der Waals surface area contributed by atoms with Gasteiger partial charge in [-0.1, -0.05) is 17.7 Å². The Morgan fingerprint density at radius 1 is 1.37 bits per heavy atom. The van der Waals surface area contributed by atoms with Crippen LogP contribution in [0.15, 0.2) is 18.2 Å². The normalized spacial score (nSPS) is 10.4. The van der Waals surface area contributed by atoms with Gasteiger partial charge in [-0.15, -0.1) is 0 Å². The van der Waals surface area contributed by atoms with E-state index in [9.17, 15) is 4.79 Å². The van der Waals surface area contributed by atoms with E-state index in [1.807, 2.05) is 37.1 Å². The Bertz CT molecular complexity index is 435. The van der Waals surface area contributed by atoms with Crippen molar-refractivity contribution >= 4 is 23.2 Å². The number of rotatable bonds is 6. The van der Waals surface area contributed by atoms with Crippen LogP contribution in [-0.2, 0) is 11.3 Å². The maximum Gasteiger partial charge on any atom is 0.241 e. The number of anilines is 1. The van der Waals surface area contributed by atoms with Gasteiger partial charge in [-0.05, 0) is 31.7 Å². The summed E-state index contributed by atoms with van der Waals surface area (Å²) in [5, 5.41) is 3.82. The molecule has 0 atom stereocenters. The molecule has 0 radical (unpaired) electrons. The summed E-state index contributed by atoms with van der Waals surface area (Å²) in [6, 6.07) is 5.79. The second-order valence-electron chi connectivity index (χ2n) is 4.61. The smallest absolute Gasteiger partial charge is 0.241 e. The van der Waals surface area contributed by atoms with E-state index < -0.39 is 0 Å². The minimum absolute atomic E-state index is 0.0808. The van der Waals surface area contributed by atoms with E-state index in [1.54, 1.807) is 19.0 Å². The number of carbonyl (C=O) groups is 1. The topological polar surface area (TPSA) is 35.6 Å². The predicted molar refractivity (Wildman–Crippen MR) is 80.8 cm³/mol. The van der Waals surface area contributed by atoms with Crippen LogP contribution in [0.25, 0.3) is 0 Å². The molecule has 0 aromatic heterocycles. The third-order valence-corrected chi connectivity index (χ3v) is 3.20. The lowest BCUT2D eigenvalue weighted by atomic mass is 10.1. The van der Waals surface area contributed by atoms with Crippen molar-refractivity contribution in [2.75, 3.05) is 39.1 Å². The monoisotopic (exact) mass is 283 g/mol. The van der Waals surface area contributed by atoms with Crippen LogP contribution in [0.5, 0.6) is 0 Å². The third-order valence-electron chi connectivity index (χ3n) is 2.96. The SMILES string of the molecule is CCN(CC(=O)N(C)C)c1cc(Cl)ccc1CNC. The van der Waals surface area contributed by atoms with E-state index in [0.717, 1.165) is 24.3 Å². The molecule has 1 N–H and O–H groups in total. The number of benzene rings is 1. The second kappa shape index (κ2) is 7.36. The van der Waals surface area contributed by atoms with Gasteiger partial charge < -0.3 is 15.1 Å². The number of hydrogen-bond acceptors (Lipinski definition) is 3. The van der Waals surface area contributed by atoms with Gasteiger partial charge in [0.25, 0.3) is 0 Å². The lowest BCUT2D eigenvalue weighted by Crippen LogP contribution is -2.37. The third kappa shape index (κ3) is 4.40. The summed E-state index contributed by atoms with van der Waals surface area (Å²) in [7, 11) is 5.44. The standard InChI is InChI=1S/C14H22ClN3O/c1-5-18(10-14(19)17(3)4)13-8-12(15)7-6-11(13)9-16-2/h6-8,16H,5,9-10H2,1-4H3. The van der Waals surface area contributed by atoms with Crippen LogP contribution >= 0.6 is 11.6 Å². The molecule has 0 fully saturated rings. The maximum atomic E-state index is 11.9. The predicted octanol–water partition coefficient (Wildman–Crippen LogP) is 1.97. The number of halogens is 1. The van der Waals surface area contributed by atoms with Crippen molar-refractivity contribution in [3.05, 3.63) is 28.8 Å². The Balaban J connectivity index is 3.02. The van der Waals surface area contributed by atoms with Gasteiger partial charge in [0, 0.05) is 37.9 Å². The first-order chi connectivity index (χ1) is 8.99. The molecule has 19 heavy (non-hydrogen) atoms. The minimum atomic E-state index is 0.0808. The van der Waals surface area contributed by atoms with Gasteiger partial charge in [0.15, 0.2) is 0 Å². The van der Waals surface area contributed by atoms with Crippen molar-refractivity contribution in [2.24, 2.45) is 0 Å². The van der Waals surface area contributed by atoms with Crippen molar-refractivity contribution < 1.29 is 4.79 Å². The lowest BCUT2D eigenvalue weighted by Gasteiger charge is -2.26. The summed E-state index contributed by atoms with van der Waals surface area (Å²) in [5.41, 5.74) is 2.15. The highest BCUT2D eigenvalue weighted by molar-refractivity contribution is 6.30. The van der Waals surface area contributed by atoms with Crippen molar-refractivity contribution in [1.29, 1.82) is 0 Å². The zero-order valence-electron chi connectivity index (χ0n) is 12.0. The molecule has 0 spiro atoms. The fraction of sp³-hybridized carbons (Fsp3) is 0.500. The number of hydrogen-bond donors (Lipinski definition) is 1. The molecule has 0 bridgehead atoms. The summed E-state index contributed by atoms with van der Waals surface area (Å²) in [6.45, 7) is 3.91. The molecule has 0 aliphatic heterocycles. The largest absolute Gasteiger partial charge is 0.362 e. The van der Waals surface area contributed by atoms with Crippen LogP contribution in [0.2, 0.25) is 5.02 Å². The fourth-order valence-electron chi connectivity index (χ4n) is 1.84. The second-order valence-corrected chi connectivity index (χ2v) is 5.04. The number of nitrogens with zero attached hydrogens (tertiary/aromatic N) is 2. The number of carbonyl (C=O) groups excluding carboxylic acids is 1. The molecule has 0 saturated heterocycles. The van der Waals surface area contributed by atoms with Crippen molar-refractivity contribution in [1.82, 2.24) is 10.2 Å². The van der Waals surface area contributed by atoms with E-state index in [2.05, 4.69) is 5.32 Å². The molecule has 1 aromatic rings. The van der Waals surface area contributed by atoms with Gasteiger partial charge in [0.05, 0.1) is 6.54 Å². The molecule has 0 heterocycles. The molecule has 4 nitrogen and oxygen atoms in total. The zero-order valence-corrected chi connectivity index (χ0v) is 12.8. The molecular formula is C14H22ClN3O. The fourth-order valence-corrected chi connectivity index (χ4v) is 2.01. The molecule has 0 saturated carbocycles. The zero-order chi connectivity index (χ0) is 14.4. The summed E-state index contributed by atoms with van der Waals surface area (Å²) in [5.74, 6) is 0.0808. The number of nitrogens with one attached hydrogen (secondary N) is 1. The van der Waals surface area contributed by atoms with Crippen molar-refractivity contribution in [3.63, 3.8) is 0 Å². The Morgan fingerprint density at radius 2 is 2.05 bits per heavy atom. The van der Waals surface area contributed by atoms with E-state index in [4.69, 9.17) is 11.6 Å². The minimum Gasteiger partial charge on any atom is -0.362 e. The summed E-state index contributed by atoms with van der Waals surface area (Å²) in [4.78, 5) is 15.5. The Labute approximate surface area is 120 Å².